The van der Waals surface area contributed by atoms with Crippen LogP contribution < -0.4 is 21.3 Å². The number of amides is 2. The average molecular weight is 503 g/mol. The first-order chi connectivity index (χ1) is 16.9. The smallest absolute Gasteiger partial charge is 0.406 e. The third kappa shape index (κ3) is 5.04. The third-order valence-corrected chi connectivity index (χ3v) is 5.29. The molecule has 0 fully saturated rings. The van der Waals surface area contributed by atoms with Crippen LogP contribution in [0.5, 0.6) is 5.75 Å². The first-order valence-electron chi connectivity index (χ1n) is 10.3. The van der Waals surface area contributed by atoms with Gasteiger partial charge in [-0.1, -0.05) is 6.07 Å². The van der Waals surface area contributed by atoms with Crippen LogP contribution >= 0.6 is 0 Å². The van der Waals surface area contributed by atoms with Crippen LogP contribution in [0, 0.1) is 5.82 Å². The normalized spacial score (nSPS) is 12.4. The molecule has 4 aromatic rings. The van der Waals surface area contributed by atoms with Gasteiger partial charge in [-0.3, -0.25) is 19.5 Å². The van der Waals surface area contributed by atoms with Crippen LogP contribution in [0.3, 0.4) is 0 Å². The highest BCUT2D eigenvalue weighted by Gasteiger charge is 2.31. The topological polar surface area (TPSA) is 143 Å². The van der Waals surface area contributed by atoms with Gasteiger partial charge >= 0.3 is 6.36 Å². The van der Waals surface area contributed by atoms with Gasteiger partial charge in [-0.05, 0) is 54.4 Å². The Morgan fingerprint density at radius 2 is 1.86 bits per heavy atom. The van der Waals surface area contributed by atoms with Crippen molar-refractivity contribution in [1.29, 1.82) is 0 Å². The van der Waals surface area contributed by atoms with E-state index in [1.165, 1.54) is 19.2 Å². The Balaban J connectivity index is 1.60. The number of nitrogens with zero attached hydrogens (tertiary/aromatic N) is 1. The molecule has 2 aromatic heterocycles. The zero-order chi connectivity index (χ0) is 26.2. The number of primary amides is 1. The van der Waals surface area contributed by atoms with Gasteiger partial charge in [0, 0.05) is 17.1 Å². The molecule has 1 atom stereocenters. The van der Waals surface area contributed by atoms with Crippen LogP contribution in [0.2, 0.25) is 0 Å². The molecule has 0 radical (unpaired) electrons. The summed E-state index contributed by atoms with van der Waals surface area (Å²) in [5.41, 5.74) is 5.49. The molecule has 0 aliphatic heterocycles. The minimum atomic E-state index is -4.98. The van der Waals surface area contributed by atoms with Crippen molar-refractivity contribution in [2.45, 2.75) is 19.3 Å². The highest BCUT2D eigenvalue weighted by molar-refractivity contribution is 6.04. The van der Waals surface area contributed by atoms with Gasteiger partial charge in [0.1, 0.15) is 17.1 Å². The molecule has 0 bridgehead atoms. The largest absolute Gasteiger partial charge is 0.573 e. The second kappa shape index (κ2) is 9.17. The maximum absolute atomic E-state index is 14.3. The van der Waals surface area contributed by atoms with Crippen molar-refractivity contribution in [3.8, 4) is 16.9 Å². The molecule has 9 nitrogen and oxygen atoms in total. The van der Waals surface area contributed by atoms with E-state index < -0.39 is 41.3 Å². The van der Waals surface area contributed by atoms with Crippen molar-refractivity contribution in [1.82, 2.24) is 20.5 Å². The van der Waals surface area contributed by atoms with Crippen LogP contribution in [0.4, 0.5) is 17.6 Å². The van der Waals surface area contributed by atoms with E-state index in [4.69, 9.17) is 5.73 Å². The second-order valence-electron chi connectivity index (χ2n) is 7.75. The van der Waals surface area contributed by atoms with Gasteiger partial charge < -0.3 is 20.8 Å². The Kier molecular flexibility index (Phi) is 6.23. The molecular weight excluding hydrogens is 486 g/mol. The van der Waals surface area contributed by atoms with Crippen LogP contribution in [0.1, 0.15) is 39.4 Å². The summed E-state index contributed by atoms with van der Waals surface area (Å²) in [7, 11) is 0. The summed E-state index contributed by atoms with van der Waals surface area (Å²) in [5, 5.41) is 9.43. The first-order valence-corrected chi connectivity index (χ1v) is 10.3. The van der Waals surface area contributed by atoms with E-state index in [-0.39, 0.29) is 16.8 Å². The van der Waals surface area contributed by atoms with Gasteiger partial charge in [-0.25, -0.2) is 4.39 Å². The Bertz CT molecular complexity index is 1540. The van der Waals surface area contributed by atoms with Gasteiger partial charge in [0.25, 0.3) is 17.4 Å². The quantitative estimate of drug-likeness (QED) is 0.298. The highest BCUT2D eigenvalue weighted by Crippen LogP contribution is 2.28. The van der Waals surface area contributed by atoms with Crippen LogP contribution in [-0.2, 0) is 0 Å². The monoisotopic (exact) mass is 503 g/mol. The summed E-state index contributed by atoms with van der Waals surface area (Å²) in [6, 6.07) is 7.45. The molecule has 5 N–H and O–H groups in total. The fraction of sp³-hybridized carbons (Fsp3) is 0.130. The van der Waals surface area contributed by atoms with E-state index in [1.54, 1.807) is 18.2 Å². The lowest BCUT2D eigenvalue weighted by Crippen LogP contribution is -2.32. The number of halogens is 4. The van der Waals surface area contributed by atoms with Gasteiger partial charge in [0.05, 0.1) is 11.6 Å². The Labute approximate surface area is 199 Å². The average Bonchev–Trinajstić information content (AvgIpc) is 3.23. The number of fused-ring (bicyclic) bond motifs is 1. The number of rotatable bonds is 6. The number of ether oxygens (including phenoxy) is 1. The van der Waals surface area contributed by atoms with Gasteiger partial charge in [0.2, 0.25) is 0 Å². The minimum absolute atomic E-state index is 0.0593. The third-order valence-electron chi connectivity index (χ3n) is 5.29. The summed E-state index contributed by atoms with van der Waals surface area (Å²) in [4.78, 5) is 39.0. The maximum Gasteiger partial charge on any atom is 0.573 e. The fourth-order valence-electron chi connectivity index (χ4n) is 3.61. The van der Waals surface area contributed by atoms with E-state index >= 15 is 0 Å². The first kappa shape index (κ1) is 24.4. The minimum Gasteiger partial charge on any atom is -0.406 e. The number of H-pyrrole nitrogens is 2. The van der Waals surface area contributed by atoms with Crippen molar-refractivity contribution in [2.24, 2.45) is 5.73 Å². The molecule has 186 valence electrons. The lowest BCUT2D eigenvalue weighted by Gasteiger charge is -2.17. The number of alkyl halides is 3. The van der Waals surface area contributed by atoms with Crippen LogP contribution in [0.15, 0.2) is 53.5 Å². The predicted molar refractivity (Wildman–Crippen MR) is 120 cm³/mol. The Hall–Kier alpha value is -4.68. The van der Waals surface area contributed by atoms with Crippen molar-refractivity contribution in [3.05, 3.63) is 81.7 Å². The van der Waals surface area contributed by atoms with E-state index in [9.17, 15) is 31.9 Å². The number of aromatic nitrogens is 3. The second-order valence-corrected chi connectivity index (χ2v) is 7.75. The van der Waals surface area contributed by atoms with Gasteiger partial charge in [0.15, 0.2) is 5.69 Å². The Morgan fingerprint density at radius 3 is 2.56 bits per heavy atom. The van der Waals surface area contributed by atoms with Crippen molar-refractivity contribution in [3.63, 3.8) is 0 Å². The Morgan fingerprint density at radius 1 is 1.11 bits per heavy atom. The van der Waals surface area contributed by atoms with Crippen molar-refractivity contribution >= 4 is 22.7 Å². The molecular formula is C23H17F4N5O4. The predicted octanol–water partition coefficient (Wildman–Crippen LogP) is 3.55. The summed E-state index contributed by atoms with van der Waals surface area (Å²) in [5.74, 6) is -3.12. The number of carbonyl (C=O) groups excluding carboxylic acids is 2. The van der Waals surface area contributed by atoms with Crippen molar-refractivity contribution in [2.75, 3.05) is 0 Å². The standard InChI is InChI=1S/C23H17F4N5O4/c1-10(15-8-13(3-5-17(15)24)36-23(25,26)27)30-22(35)16-6-12(9-29-21(16)34)11-2-4-14-18(7-11)31-32-19(14)20(28)33/h2-10H,1H3,(H2,28,33)(H,29,34)(H,30,35)(H,31,32)/t10-/m0/s1. The summed E-state index contributed by atoms with van der Waals surface area (Å²) >= 11 is 0. The van der Waals surface area contributed by atoms with Gasteiger partial charge in [-0.15, -0.1) is 13.2 Å². The SMILES string of the molecule is C[C@H](NC(=O)c1cc(-c2ccc3c(C(N)=O)n[nH]c3c2)c[nH]c1=O)c1cc(OC(F)(F)F)ccc1F. The maximum atomic E-state index is 14.3. The number of nitrogens with two attached hydrogens (primary N) is 1. The number of hydrogen-bond acceptors (Lipinski definition) is 5. The number of carbonyl (C=O) groups is 2. The number of nitrogens with one attached hydrogen (secondary N) is 3. The van der Waals surface area contributed by atoms with E-state index in [0.717, 1.165) is 18.2 Å². The number of benzene rings is 2. The zero-order valence-corrected chi connectivity index (χ0v) is 18.4. The molecule has 0 aliphatic rings. The molecule has 2 aromatic carbocycles. The van der Waals surface area contributed by atoms with Crippen molar-refractivity contribution < 1.29 is 31.9 Å². The molecule has 2 amide bonds. The highest BCUT2D eigenvalue weighted by atomic mass is 19.4. The molecule has 13 heteroatoms. The number of aromatic amines is 2. The van der Waals surface area contributed by atoms with Gasteiger partial charge in [-0.2, -0.15) is 5.10 Å². The fourth-order valence-corrected chi connectivity index (χ4v) is 3.61. The molecule has 0 saturated carbocycles. The van der Waals surface area contributed by atoms with E-state index in [1.807, 2.05) is 0 Å². The zero-order valence-electron chi connectivity index (χ0n) is 18.4. The molecule has 0 saturated heterocycles. The molecule has 0 spiro atoms. The van der Waals surface area contributed by atoms with Crippen LogP contribution in [0.25, 0.3) is 22.0 Å². The summed E-state index contributed by atoms with van der Waals surface area (Å²) < 4.78 is 55.6. The molecule has 2 heterocycles. The van der Waals surface area contributed by atoms with E-state index in [0.29, 0.717) is 22.0 Å². The molecule has 0 unspecified atom stereocenters. The molecule has 4 rings (SSSR count). The lowest BCUT2D eigenvalue weighted by molar-refractivity contribution is -0.274. The lowest BCUT2D eigenvalue weighted by atomic mass is 10.0. The molecule has 36 heavy (non-hydrogen) atoms. The summed E-state index contributed by atoms with van der Waals surface area (Å²) in [6.07, 6.45) is -3.61. The van der Waals surface area contributed by atoms with E-state index in [2.05, 4.69) is 25.2 Å². The summed E-state index contributed by atoms with van der Waals surface area (Å²) in [6.45, 7) is 1.34. The number of pyridine rings is 1. The molecule has 0 aliphatic carbocycles. The number of hydrogen-bond donors (Lipinski definition) is 4. The van der Waals surface area contributed by atoms with Crippen LogP contribution in [-0.4, -0.2) is 33.4 Å².